The smallest absolute Gasteiger partial charge is 0.143 e. The fraction of sp³-hybridized carbons (Fsp3) is 0.538. The molecular weight excluding hydrogens is 271 g/mol. The fourth-order valence-corrected chi connectivity index (χ4v) is 2.97. The largest absolute Gasteiger partial charge is 0.385 e. The maximum atomic E-state index is 13.9. The van der Waals surface area contributed by atoms with Crippen LogP contribution < -0.4 is 0 Å². The van der Waals surface area contributed by atoms with Gasteiger partial charge in [-0.2, -0.15) is 0 Å². The van der Waals surface area contributed by atoms with Crippen molar-refractivity contribution >= 4 is 15.9 Å². The summed E-state index contributed by atoms with van der Waals surface area (Å²) < 4.78 is 14.4. The zero-order valence-corrected chi connectivity index (χ0v) is 11.1. The summed E-state index contributed by atoms with van der Waals surface area (Å²) >= 11 is 3.16. The molecule has 1 unspecified atom stereocenters. The molecule has 1 nitrogen and oxygen atoms in total. The van der Waals surface area contributed by atoms with Gasteiger partial charge in [0.2, 0.25) is 0 Å². The number of rotatable bonds is 1. The van der Waals surface area contributed by atoms with E-state index in [0.29, 0.717) is 22.9 Å². The Labute approximate surface area is 104 Å². The van der Waals surface area contributed by atoms with E-state index in [1.165, 1.54) is 0 Å². The van der Waals surface area contributed by atoms with Gasteiger partial charge in [0.15, 0.2) is 0 Å². The third-order valence-corrected chi connectivity index (χ3v) is 4.05. The van der Waals surface area contributed by atoms with Gasteiger partial charge >= 0.3 is 0 Å². The van der Waals surface area contributed by atoms with Crippen molar-refractivity contribution < 1.29 is 9.50 Å². The Morgan fingerprint density at radius 1 is 1.31 bits per heavy atom. The number of halogens is 2. The average Bonchev–Trinajstić information content (AvgIpc) is 2.46. The second kappa shape index (κ2) is 3.81. The molecule has 0 radical (unpaired) electrons. The van der Waals surface area contributed by atoms with Crippen molar-refractivity contribution in [2.45, 2.75) is 38.7 Å². The molecule has 1 aromatic rings. The van der Waals surface area contributed by atoms with Crippen LogP contribution in [0.1, 0.15) is 38.7 Å². The number of aliphatic hydroxyl groups is 1. The van der Waals surface area contributed by atoms with Crippen LogP contribution in [0.3, 0.4) is 0 Å². The molecule has 0 saturated heterocycles. The van der Waals surface area contributed by atoms with Crippen LogP contribution in [-0.4, -0.2) is 5.11 Å². The molecular formula is C13H16BrFO. The molecule has 0 heterocycles. The van der Waals surface area contributed by atoms with Gasteiger partial charge in [0, 0.05) is 5.56 Å². The van der Waals surface area contributed by atoms with Gasteiger partial charge in [-0.25, -0.2) is 4.39 Å². The fourth-order valence-electron chi connectivity index (χ4n) is 2.61. The molecule has 0 aliphatic heterocycles. The van der Waals surface area contributed by atoms with Crippen LogP contribution in [0.25, 0.3) is 0 Å². The Hall–Kier alpha value is -0.410. The number of benzene rings is 1. The molecule has 0 bridgehead atoms. The van der Waals surface area contributed by atoms with Crippen LogP contribution in [0.4, 0.5) is 4.39 Å². The van der Waals surface area contributed by atoms with Crippen LogP contribution in [0.5, 0.6) is 0 Å². The molecule has 0 amide bonds. The highest BCUT2D eigenvalue weighted by Crippen LogP contribution is 2.49. The van der Waals surface area contributed by atoms with E-state index < -0.39 is 5.60 Å². The molecule has 1 saturated carbocycles. The molecule has 3 heteroatoms. The first kappa shape index (κ1) is 12.1. The van der Waals surface area contributed by atoms with E-state index in [1.54, 1.807) is 18.2 Å². The molecule has 16 heavy (non-hydrogen) atoms. The Morgan fingerprint density at radius 3 is 2.56 bits per heavy atom. The summed E-state index contributed by atoms with van der Waals surface area (Å²) in [5.41, 5.74) is -0.492. The minimum absolute atomic E-state index is 0.0868. The lowest BCUT2D eigenvalue weighted by Crippen LogP contribution is -2.24. The predicted octanol–water partition coefficient (Wildman–Crippen LogP) is 3.99. The third-order valence-electron chi connectivity index (χ3n) is 3.44. The highest BCUT2D eigenvalue weighted by atomic mass is 79.9. The van der Waals surface area contributed by atoms with E-state index in [2.05, 4.69) is 29.8 Å². The molecule has 1 N–H and O–H groups in total. The van der Waals surface area contributed by atoms with Crippen LogP contribution >= 0.6 is 15.9 Å². The molecule has 1 aliphatic carbocycles. The number of hydrogen-bond acceptors (Lipinski definition) is 1. The zero-order valence-electron chi connectivity index (χ0n) is 9.56. The van der Waals surface area contributed by atoms with E-state index in [0.717, 1.165) is 6.42 Å². The van der Waals surface area contributed by atoms with Crippen molar-refractivity contribution in [2.75, 3.05) is 0 Å². The van der Waals surface area contributed by atoms with E-state index in [9.17, 15) is 9.50 Å². The first-order valence-electron chi connectivity index (χ1n) is 5.51. The monoisotopic (exact) mass is 286 g/mol. The van der Waals surface area contributed by atoms with E-state index in [4.69, 9.17) is 0 Å². The second-order valence-electron chi connectivity index (χ2n) is 5.47. The Morgan fingerprint density at radius 2 is 2.00 bits per heavy atom. The van der Waals surface area contributed by atoms with Gasteiger partial charge in [-0.15, -0.1) is 0 Å². The van der Waals surface area contributed by atoms with Gasteiger partial charge in [-0.1, -0.05) is 26.0 Å². The van der Waals surface area contributed by atoms with E-state index in [-0.39, 0.29) is 11.2 Å². The van der Waals surface area contributed by atoms with Gasteiger partial charge in [0.05, 0.1) is 10.1 Å². The van der Waals surface area contributed by atoms with Crippen molar-refractivity contribution in [1.82, 2.24) is 0 Å². The van der Waals surface area contributed by atoms with Crippen molar-refractivity contribution in [2.24, 2.45) is 5.41 Å². The van der Waals surface area contributed by atoms with Crippen molar-refractivity contribution in [3.63, 3.8) is 0 Å². The predicted molar refractivity (Wildman–Crippen MR) is 65.6 cm³/mol. The highest BCUT2D eigenvalue weighted by molar-refractivity contribution is 9.10. The van der Waals surface area contributed by atoms with Crippen LogP contribution in [-0.2, 0) is 5.60 Å². The van der Waals surface area contributed by atoms with E-state index in [1.807, 2.05) is 0 Å². The van der Waals surface area contributed by atoms with Gasteiger partial charge in [-0.05, 0) is 46.7 Å². The quantitative estimate of drug-likeness (QED) is 0.828. The molecule has 1 atom stereocenters. The Bertz CT molecular complexity index is 416. The summed E-state index contributed by atoms with van der Waals surface area (Å²) in [6.07, 6.45) is 2.18. The molecule has 88 valence electrons. The topological polar surface area (TPSA) is 20.2 Å². The number of hydrogen-bond donors (Lipinski definition) is 1. The SMILES string of the molecule is CC1(C)CCC(O)(c2cccc(Br)c2F)C1. The standard InChI is InChI=1S/C13H16BrFO/c1-12(2)6-7-13(16,8-12)9-4-3-5-10(14)11(9)15/h3-5,16H,6-8H2,1-2H3. The minimum Gasteiger partial charge on any atom is -0.385 e. The highest BCUT2D eigenvalue weighted by Gasteiger charge is 2.44. The minimum atomic E-state index is -1.00. The van der Waals surface area contributed by atoms with Gasteiger partial charge < -0.3 is 5.11 Å². The maximum Gasteiger partial charge on any atom is 0.143 e. The molecule has 0 aromatic heterocycles. The summed E-state index contributed by atoms with van der Waals surface area (Å²) in [7, 11) is 0. The Kier molecular flexibility index (Phi) is 2.87. The van der Waals surface area contributed by atoms with Gasteiger partial charge in [0.25, 0.3) is 0 Å². The summed E-state index contributed by atoms with van der Waals surface area (Å²) in [6, 6.07) is 5.11. The molecule has 2 rings (SSSR count). The molecule has 0 spiro atoms. The zero-order chi connectivity index (χ0) is 12.0. The van der Waals surface area contributed by atoms with Gasteiger partial charge in [0.1, 0.15) is 5.82 Å². The summed E-state index contributed by atoms with van der Waals surface area (Å²) in [4.78, 5) is 0. The summed E-state index contributed by atoms with van der Waals surface area (Å²) in [5, 5.41) is 10.5. The van der Waals surface area contributed by atoms with Crippen LogP contribution in [0.2, 0.25) is 0 Å². The van der Waals surface area contributed by atoms with Crippen LogP contribution in [0, 0.1) is 11.2 Å². The lowest BCUT2D eigenvalue weighted by Gasteiger charge is -2.26. The molecule has 1 fully saturated rings. The lowest BCUT2D eigenvalue weighted by atomic mass is 9.85. The first-order chi connectivity index (χ1) is 7.34. The second-order valence-corrected chi connectivity index (χ2v) is 6.33. The normalized spacial score (nSPS) is 28.3. The van der Waals surface area contributed by atoms with Crippen LogP contribution in [0.15, 0.2) is 22.7 Å². The lowest BCUT2D eigenvalue weighted by molar-refractivity contribution is 0.0302. The Balaban J connectivity index is 2.42. The molecule has 1 aromatic carbocycles. The van der Waals surface area contributed by atoms with Crippen molar-refractivity contribution in [3.8, 4) is 0 Å². The molecule has 1 aliphatic rings. The summed E-state index contributed by atoms with van der Waals surface area (Å²) in [6.45, 7) is 4.22. The third kappa shape index (κ3) is 2.03. The first-order valence-corrected chi connectivity index (χ1v) is 6.30. The van der Waals surface area contributed by atoms with Crippen molar-refractivity contribution in [1.29, 1.82) is 0 Å². The van der Waals surface area contributed by atoms with Crippen molar-refractivity contribution in [3.05, 3.63) is 34.1 Å². The average molecular weight is 287 g/mol. The van der Waals surface area contributed by atoms with Gasteiger partial charge in [-0.3, -0.25) is 0 Å². The summed E-state index contributed by atoms with van der Waals surface area (Å²) in [5.74, 6) is -0.331. The van der Waals surface area contributed by atoms with E-state index >= 15 is 0 Å². The maximum absolute atomic E-state index is 13.9.